The van der Waals surface area contributed by atoms with Gasteiger partial charge in [0.25, 0.3) is 5.91 Å². The fourth-order valence-corrected chi connectivity index (χ4v) is 1.94. The Morgan fingerprint density at radius 3 is 2.77 bits per heavy atom. The molecule has 0 saturated carbocycles. The zero-order valence-corrected chi connectivity index (χ0v) is 11.6. The first-order valence-corrected chi connectivity index (χ1v) is 6.66. The standard InChI is InChI=1S/C16H13NO5/c18-15-9-21-14-8-12(6-7-13(14)17-15)22-16(19)10-20-11-4-2-1-3-5-11/h1-8H,9-10H2,(H,17,18). The van der Waals surface area contributed by atoms with Crippen LogP contribution in [0.3, 0.4) is 0 Å². The van der Waals surface area contributed by atoms with Crippen LogP contribution < -0.4 is 19.5 Å². The molecule has 1 aliphatic heterocycles. The Balaban J connectivity index is 1.59. The van der Waals surface area contributed by atoms with Gasteiger partial charge in [0.15, 0.2) is 13.2 Å². The molecule has 0 saturated heterocycles. The van der Waals surface area contributed by atoms with Crippen molar-refractivity contribution in [1.82, 2.24) is 0 Å². The first-order valence-electron chi connectivity index (χ1n) is 6.66. The highest BCUT2D eigenvalue weighted by Gasteiger charge is 2.17. The van der Waals surface area contributed by atoms with Crippen molar-refractivity contribution >= 4 is 17.6 Å². The first kappa shape index (κ1) is 13.9. The summed E-state index contributed by atoms with van der Waals surface area (Å²) in [5, 5.41) is 2.66. The van der Waals surface area contributed by atoms with Crippen LogP contribution in [0.2, 0.25) is 0 Å². The first-order chi connectivity index (χ1) is 10.7. The molecule has 22 heavy (non-hydrogen) atoms. The number of benzene rings is 2. The van der Waals surface area contributed by atoms with Gasteiger partial charge in [0.2, 0.25) is 0 Å². The lowest BCUT2D eigenvalue weighted by Crippen LogP contribution is -2.25. The average Bonchev–Trinajstić information content (AvgIpc) is 2.54. The lowest BCUT2D eigenvalue weighted by atomic mass is 10.2. The van der Waals surface area contributed by atoms with E-state index in [0.29, 0.717) is 22.9 Å². The fraction of sp³-hybridized carbons (Fsp3) is 0.125. The molecule has 0 atom stereocenters. The van der Waals surface area contributed by atoms with Gasteiger partial charge in [0.05, 0.1) is 5.69 Å². The zero-order valence-electron chi connectivity index (χ0n) is 11.6. The lowest BCUT2D eigenvalue weighted by Gasteiger charge is -2.18. The van der Waals surface area contributed by atoms with Gasteiger partial charge in [-0.25, -0.2) is 4.79 Å². The van der Waals surface area contributed by atoms with E-state index >= 15 is 0 Å². The van der Waals surface area contributed by atoms with Crippen LogP contribution >= 0.6 is 0 Å². The molecule has 0 aromatic heterocycles. The second-order valence-electron chi connectivity index (χ2n) is 4.57. The molecular formula is C16H13NO5. The maximum absolute atomic E-state index is 11.7. The SMILES string of the molecule is O=C1COc2cc(OC(=O)COc3ccccc3)ccc2N1. The minimum absolute atomic E-state index is 0.0540. The Morgan fingerprint density at radius 2 is 1.95 bits per heavy atom. The fourth-order valence-electron chi connectivity index (χ4n) is 1.94. The van der Waals surface area contributed by atoms with Crippen molar-refractivity contribution in [1.29, 1.82) is 0 Å². The Labute approximate surface area is 126 Å². The maximum atomic E-state index is 11.7. The zero-order chi connectivity index (χ0) is 15.4. The number of carbonyl (C=O) groups is 2. The van der Waals surface area contributed by atoms with E-state index in [1.807, 2.05) is 18.2 Å². The number of esters is 1. The molecular weight excluding hydrogens is 286 g/mol. The Morgan fingerprint density at radius 1 is 1.14 bits per heavy atom. The average molecular weight is 299 g/mol. The molecule has 0 spiro atoms. The Bertz CT molecular complexity index is 699. The number of hydrogen-bond acceptors (Lipinski definition) is 5. The van der Waals surface area contributed by atoms with E-state index in [0.717, 1.165) is 0 Å². The molecule has 0 radical (unpaired) electrons. The third-order valence-corrected chi connectivity index (χ3v) is 2.92. The molecule has 2 aromatic carbocycles. The third-order valence-electron chi connectivity index (χ3n) is 2.92. The number of fused-ring (bicyclic) bond motifs is 1. The van der Waals surface area contributed by atoms with Crippen molar-refractivity contribution in [2.45, 2.75) is 0 Å². The number of ether oxygens (including phenoxy) is 3. The van der Waals surface area contributed by atoms with Crippen molar-refractivity contribution in [2.75, 3.05) is 18.5 Å². The van der Waals surface area contributed by atoms with Crippen LogP contribution in [0.15, 0.2) is 48.5 Å². The number of carbonyl (C=O) groups excluding carboxylic acids is 2. The molecule has 1 N–H and O–H groups in total. The van der Waals surface area contributed by atoms with Gasteiger partial charge in [-0.05, 0) is 24.3 Å². The molecule has 0 aliphatic carbocycles. The number of para-hydroxylation sites is 1. The minimum Gasteiger partial charge on any atom is -0.482 e. The highest BCUT2D eigenvalue weighted by Crippen LogP contribution is 2.31. The largest absolute Gasteiger partial charge is 0.482 e. The monoisotopic (exact) mass is 299 g/mol. The molecule has 112 valence electrons. The van der Waals surface area contributed by atoms with Crippen LogP contribution in [-0.4, -0.2) is 25.1 Å². The minimum atomic E-state index is -0.524. The predicted molar refractivity (Wildman–Crippen MR) is 78.1 cm³/mol. The van der Waals surface area contributed by atoms with E-state index < -0.39 is 5.97 Å². The Kier molecular flexibility index (Phi) is 3.91. The van der Waals surface area contributed by atoms with Gasteiger partial charge in [-0.2, -0.15) is 0 Å². The van der Waals surface area contributed by atoms with Gasteiger partial charge in [0.1, 0.15) is 17.2 Å². The van der Waals surface area contributed by atoms with Gasteiger partial charge in [-0.3, -0.25) is 4.79 Å². The number of nitrogens with one attached hydrogen (secondary N) is 1. The van der Waals surface area contributed by atoms with Crippen molar-refractivity contribution < 1.29 is 23.8 Å². The molecule has 6 heteroatoms. The van der Waals surface area contributed by atoms with Crippen LogP contribution in [0, 0.1) is 0 Å². The molecule has 1 heterocycles. The molecule has 6 nitrogen and oxygen atoms in total. The summed E-state index contributed by atoms with van der Waals surface area (Å²) in [6.45, 7) is -0.250. The summed E-state index contributed by atoms with van der Waals surface area (Å²) in [4.78, 5) is 22.9. The number of amides is 1. The van der Waals surface area contributed by atoms with Crippen LogP contribution in [0.1, 0.15) is 0 Å². The summed E-state index contributed by atoms with van der Waals surface area (Å²) in [6.07, 6.45) is 0. The van der Waals surface area contributed by atoms with Crippen molar-refractivity contribution in [3.05, 3.63) is 48.5 Å². The summed E-state index contributed by atoms with van der Waals surface area (Å²) in [7, 11) is 0. The van der Waals surface area contributed by atoms with Gasteiger partial charge in [0, 0.05) is 6.07 Å². The summed E-state index contributed by atoms with van der Waals surface area (Å²) in [5.74, 6) is 0.651. The van der Waals surface area contributed by atoms with Gasteiger partial charge in [-0.1, -0.05) is 18.2 Å². The normalized spacial score (nSPS) is 12.6. The second kappa shape index (κ2) is 6.17. The van der Waals surface area contributed by atoms with Gasteiger partial charge >= 0.3 is 5.97 Å². The number of anilines is 1. The van der Waals surface area contributed by atoms with E-state index in [2.05, 4.69) is 5.32 Å². The third kappa shape index (κ3) is 3.35. The van der Waals surface area contributed by atoms with Crippen molar-refractivity contribution in [2.24, 2.45) is 0 Å². The summed E-state index contributed by atoms with van der Waals surface area (Å²) in [6, 6.07) is 13.7. The number of hydrogen-bond donors (Lipinski definition) is 1. The van der Waals surface area contributed by atoms with Crippen molar-refractivity contribution in [3.63, 3.8) is 0 Å². The van der Waals surface area contributed by atoms with Gasteiger partial charge < -0.3 is 19.5 Å². The van der Waals surface area contributed by atoms with Crippen LogP contribution in [0.4, 0.5) is 5.69 Å². The number of rotatable bonds is 4. The molecule has 1 aliphatic rings. The van der Waals surface area contributed by atoms with E-state index in [4.69, 9.17) is 14.2 Å². The quantitative estimate of drug-likeness (QED) is 0.690. The maximum Gasteiger partial charge on any atom is 0.349 e. The van der Waals surface area contributed by atoms with Crippen molar-refractivity contribution in [3.8, 4) is 17.2 Å². The van der Waals surface area contributed by atoms with Crippen LogP contribution in [-0.2, 0) is 9.59 Å². The highest BCUT2D eigenvalue weighted by atomic mass is 16.6. The van der Waals surface area contributed by atoms with Crippen LogP contribution in [0.25, 0.3) is 0 Å². The smallest absolute Gasteiger partial charge is 0.349 e. The molecule has 1 amide bonds. The van der Waals surface area contributed by atoms with E-state index in [9.17, 15) is 9.59 Å². The van der Waals surface area contributed by atoms with E-state index in [-0.39, 0.29) is 19.1 Å². The molecule has 2 aromatic rings. The molecule has 3 rings (SSSR count). The summed E-state index contributed by atoms with van der Waals surface area (Å²) < 4.78 is 15.7. The van der Waals surface area contributed by atoms with Gasteiger partial charge in [-0.15, -0.1) is 0 Å². The second-order valence-corrected chi connectivity index (χ2v) is 4.57. The lowest BCUT2D eigenvalue weighted by molar-refractivity contribution is -0.136. The topological polar surface area (TPSA) is 73.9 Å². The van der Waals surface area contributed by atoms with E-state index in [1.165, 1.54) is 0 Å². The summed E-state index contributed by atoms with van der Waals surface area (Å²) in [5.41, 5.74) is 0.552. The predicted octanol–water partition coefficient (Wildman–Crippen LogP) is 2.00. The van der Waals surface area contributed by atoms with Crippen LogP contribution in [0.5, 0.6) is 17.2 Å². The summed E-state index contributed by atoms with van der Waals surface area (Å²) >= 11 is 0. The highest BCUT2D eigenvalue weighted by molar-refractivity contribution is 5.95. The van der Waals surface area contributed by atoms with E-state index in [1.54, 1.807) is 30.3 Å². The molecule has 0 unspecified atom stereocenters. The molecule has 0 fully saturated rings. The molecule has 0 bridgehead atoms. The Hall–Kier alpha value is -3.02.